The summed E-state index contributed by atoms with van der Waals surface area (Å²) in [5.41, 5.74) is 4.45. The molecule has 0 aliphatic rings. The number of carbonyl (C=O) groups is 1. The van der Waals surface area contributed by atoms with E-state index in [0.717, 1.165) is 38.2 Å². The molecule has 0 aliphatic carbocycles. The van der Waals surface area contributed by atoms with Gasteiger partial charge < -0.3 is 4.57 Å². The molecule has 0 aliphatic heterocycles. The van der Waals surface area contributed by atoms with Gasteiger partial charge in [0.1, 0.15) is 0 Å². The zero-order valence-corrected chi connectivity index (χ0v) is 18.9. The van der Waals surface area contributed by atoms with Gasteiger partial charge in [0.2, 0.25) is 0 Å². The summed E-state index contributed by atoms with van der Waals surface area (Å²) in [6.07, 6.45) is 0. The van der Waals surface area contributed by atoms with Crippen LogP contribution >= 0.6 is 7.14 Å². The summed E-state index contributed by atoms with van der Waals surface area (Å²) < 4.78 is 14.4. The number of hydrogen-bond acceptors (Lipinski definition) is 2. The molecule has 4 rings (SSSR count). The Morgan fingerprint density at radius 1 is 0.613 bits per heavy atom. The highest BCUT2D eigenvalue weighted by atomic mass is 31.2. The summed E-state index contributed by atoms with van der Waals surface area (Å²) in [4.78, 5) is 13.2. The third-order valence-electron chi connectivity index (χ3n) is 5.64. The van der Waals surface area contributed by atoms with E-state index in [4.69, 9.17) is 0 Å². The number of ketones is 1. The fraction of sp³-hybridized carbons (Fsp3) is 0.107. The van der Waals surface area contributed by atoms with Gasteiger partial charge in [-0.15, -0.1) is 0 Å². The van der Waals surface area contributed by atoms with Gasteiger partial charge in [-0.25, -0.2) is 0 Å². The number of hydrogen-bond donors (Lipinski definition) is 0. The zero-order valence-electron chi connectivity index (χ0n) is 18.0. The third kappa shape index (κ3) is 3.92. The summed E-state index contributed by atoms with van der Waals surface area (Å²) in [5.74, 6) is -0.00388. The molecule has 0 saturated heterocycles. The van der Waals surface area contributed by atoms with Gasteiger partial charge in [-0.05, 0) is 31.9 Å². The topological polar surface area (TPSA) is 34.1 Å². The molecule has 2 nitrogen and oxygen atoms in total. The van der Waals surface area contributed by atoms with E-state index in [9.17, 15) is 9.36 Å². The summed E-state index contributed by atoms with van der Waals surface area (Å²) >= 11 is 0. The summed E-state index contributed by atoms with van der Waals surface area (Å²) in [5, 5.41) is 2.29. The molecular weight excluding hydrogens is 399 g/mol. The number of benzene rings is 4. The fourth-order valence-corrected chi connectivity index (χ4v) is 6.88. The molecule has 0 heterocycles. The Kier molecular flexibility index (Phi) is 5.76. The van der Waals surface area contributed by atoms with Crippen LogP contribution in [0.15, 0.2) is 97.1 Å². The van der Waals surface area contributed by atoms with Crippen LogP contribution in [-0.2, 0) is 4.57 Å². The minimum Gasteiger partial charge on any atom is -0.309 e. The second-order valence-electron chi connectivity index (χ2n) is 7.93. The van der Waals surface area contributed by atoms with Crippen LogP contribution in [0.1, 0.15) is 32.6 Å². The minimum absolute atomic E-state index is 0.00388. The molecule has 0 unspecified atom stereocenters. The van der Waals surface area contributed by atoms with Gasteiger partial charge in [-0.1, -0.05) is 103 Å². The van der Waals surface area contributed by atoms with Crippen LogP contribution in [0.25, 0.3) is 0 Å². The van der Waals surface area contributed by atoms with Gasteiger partial charge in [0, 0.05) is 27.0 Å². The Morgan fingerprint density at radius 2 is 1.03 bits per heavy atom. The first-order valence-electron chi connectivity index (χ1n) is 10.4. The Labute approximate surface area is 184 Å². The average molecular weight is 424 g/mol. The van der Waals surface area contributed by atoms with Crippen LogP contribution in [0.2, 0.25) is 0 Å². The van der Waals surface area contributed by atoms with Crippen molar-refractivity contribution in [3.8, 4) is 0 Å². The maximum absolute atomic E-state index is 14.4. The van der Waals surface area contributed by atoms with E-state index in [-0.39, 0.29) is 5.78 Å². The molecule has 0 radical (unpaired) electrons. The smallest absolute Gasteiger partial charge is 0.193 e. The monoisotopic (exact) mass is 424 g/mol. The molecule has 31 heavy (non-hydrogen) atoms. The van der Waals surface area contributed by atoms with Crippen LogP contribution in [-0.4, -0.2) is 5.78 Å². The predicted octanol–water partition coefficient (Wildman–Crippen LogP) is 5.48. The van der Waals surface area contributed by atoms with Crippen molar-refractivity contribution in [3.05, 3.63) is 125 Å². The molecule has 0 N–H and O–H groups in total. The highest BCUT2D eigenvalue weighted by molar-refractivity contribution is 7.85. The van der Waals surface area contributed by atoms with E-state index in [1.807, 2.05) is 106 Å². The molecule has 0 saturated carbocycles. The second kappa shape index (κ2) is 8.49. The van der Waals surface area contributed by atoms with E-state index in [1.165, 1.54) is 0 Å². The van der Waals surface area contributed by atoms with E-state index in [0.29, 0.717) is 5.56 Å². The van der Waals surface area contributed by atoms with E-state index in [2.05, 4.69) is 0 Å². The van der Waals surface area contributed by atoms with Crippen molar-refractivity contribution < 1.29 is 9.36 Å². The van der Waals surface area contributed by atoms with E-state index < -0.39 is 7.14 Å². The molecule has 0 spiro atoms. The maximum atomic E-state index is 14.4. The third-order valence-corrected chi connectivity index (χ3v) is 8.71. The highest BCUT2D eigenvalue weighted by Crippen LogP contribution is 2.42. The second-order valence-corrected chi connectivity index (χ2v) is 10.7. The summed E-state index contributed by atoms with van der Waals surface area (Å²) in [6.45, 7) is 5.98. The fourth-order valence-electron chi connectivity index (χ4n) is 4.23. The lowest BCUT2D eigenvalue weighted by atomic mass is 9.93. The molecule has 0 atom stereocenters. The van der Waals surface area contributed by atoms with Crippen LogP contribution in [0.5, 0.6) is 0 Å². The van der Waals surface area contributed by atoms with Crippen LogP contribution in [0.3, 0.4) is 0 Å². The lowest BCUT2D eigenvalue weighted by Gasteiger charge is -2.20. The Hall–Kier alpha value is -3.22. The van der Waals surface area contributed by atoms with Gasteiger partial charge in [-0.2, -0.15) is 0 Å². The number of carbonyl (C=O) groups excluding carboxylic acids is 1. The van der Waals surface area contributed by atoms with Gasteiger partial charge in [0.05, 0.1) is 0 Å². The van der Waals surface area contributed by atoms with Gasteiger partial charge in [-0.3, -0.25) is 4.79 Å². The molecule has 154 valence electrons. The maximum Gasteiger partial charge on any atom is 0.193 e. The summed E-state index contributed by atoms with van der Waals surface area (Å²) in [7, 11) is -3.04. The SMILES string of the molecule is Cc1cc(C)c(C(=O)c2ccc(P(=O)(c3ccccc3)c3ccccc3)cc2)c(C)c1. The molecule has 0 amide bonds. The van der Waals surface area contributed by atoms with Crippen molar-refractivity contribution in [2.45, 2.75) is 20.8 Å². The van der Waals surface area contributed by atoms with Gasteiger partial charge in [0.15, 0.2) is 12.9 Å². The van der Waals surface area contributed by atoms with Crippen molar-refractivity contribution >= 4 is 28.8 Å². The van der Waals surface area contributed by atoms with Crippen LogP contribution < -0.4 is 15.9 Å². The number of rotatable bonds is 5. The quantitative estimate of drug-likeness (QED) is 0.314. The predicted molar refractivity (Wildman–Crippen MR) is 130 cm³/mol. The van der Waals surface area contributed by atoms with Crippen LogP contribution in [0.4, 0.5) is 0 Å². The Morgan fingerprint density at radius 3 is 1.48 bits per heavy atom. The van der Waals surface area contributed by atoms with Crippen molar-refractivity contribution in [2.75, 3.05) is 0 Å². The Balaban J connectivity index is 1.79. The minimum atomic E-state index is -3.04. The van der Waals surface area contributed by atoms with Crippen molar-refractivity contribution in [2.24, 2.45) is 0 Å². The molecule has 4 aromatic carbocycles. The van der Waals surface area contributed by atoms with Crippen LogP contribution in [0, 0.1) is 20.8 Å². The normalized spacial score (nSPS) is 11.3. The molecule has 0 fully saturated rings. The zero-order chi connectivity index (χ0) is 22.0. The molecule has 3 heteroatoms. The first kappa shape index (κ1) is 21.0. The number of aryl methyl sites for hydroxylation is 3. The largest absolute Gasteiger partial charge is 0.309 e. The van der Waals surface area contributed by atoms with Gasteiger partial charge in [0.25, 0.3) is 0 Å². The molecule has 0 aromatic heterocycles. The first-order valence-corrected chi connectivity index (χ1v) is 12.1. The lowest BCUT2D eigenvalue weighted by molar-refractivity contribution is 0.103. The van der Waals surface area contributed by atoms with E-state index in [1.54, 1.807) is 12.1 Å². The van der Waals surface area contributed by atoms with E-state index >= 15 is 0 Å². The van der Waals surface area contributed by atoms with Gasteiger partial charge >= 0.3 is 0 Å². The first-order chi connectivity index (χ1) is 14.9. The van der Waals surface area contributed by atoms with Crippen molar-refractivity contribution in [1.82, 2.24) is 0 Å². The summed E-state index contributed by atoms with van der Waals surface area (Å²) in [6, 6.07) is 30.5. The average Bonchev–Trinajstić information content (AvgIpc) is 2.79. The molecule has 4 aromatic rings. The molecule has 0 bridgehead atoms. The molecular formula is C28H25O2P. The van der Waals surface area contributed by atoms with Crippen molar-refractivity contribution in [1.29, 1.82) is 0 Å². The standard InChI is InChI=1S/C28H25O2P/c1-20-18-21(2)27(22(3)19-20)28(29)23-14-16-26(17-15-23)31(30,24-10-6-4-7-11-24)25-12-8-5-9-13-25/h4-19H,1-3H3. The lowest BCUT2D eigenvalue weighted by Crippen LogP contribution is -2.25. The Bertz CT molecular complexity index is 1210. The highest BCUT2D eigenvalue weighted by Gasteiger charge is 2.29. The van der Waals surface area contributed by atoms with Crippen molar-refractivity contribution in [3.63, 3.8) is 0 Å².